The smallest absolute Gasteiger partial charge is 0.0718 e. The molecule has 2 heteroatoms. The fraction of sp³-hybridized carbons (Fsp3) is 1.00. The molecule has 1 spiro atoms. The molecule has 2 atom stereocenters. The largest absolute Gasteiger partial charge is 0.297 e. The van der Waals surface area contributed by atoms with Crippen LogP contribution in [0.3, 0.4) is 0 Å². The van der Waals surface area contributed by atoms with Gasteiger partial charge in [0.25, 0.3) is 0 Å². The van der Waals surface area contributed by atoms with Gasteiger partial charge in [-0.15, -0.1) is 0 Å². The quantitative estimate of drug-likeness (QED) is 0.597. The second-order valence-electron chi connectivity index (χ2n) is 5.48. The lowest BCUT2D eigenvalue weighted by Gasteiger charge is -2.41. The van der Waals surface area contributed by atoms with E-state index in [0.717, 1.165) is 12.5 Å². The molecule has 76 valence electrons. The first-order chi connectivity index (χ1) is 6.04. The van der Waals surface area contributed by atoms with Gasteiger partial charge < -0.3 is 0 Å². The minimum atomic E-state index is 0.266. The molecule has 2 rings (SSSR count). The summed E-state index contributed by atoms with van der Waals surface area (Å²) in [4.78, 5) is 0. The Kier molecular flexibility index (Phi) is 2.16. The maximum Gasteiger partial charge on any atom is 0.0718 e. The van der Waals surface area contributed by atoms with Gasteiger partial charge >= 0.3 is 0 Å². The van der Waals surface area contributed by atoms with Crippen molar-refractivity contribution in [2.24, 2.45) is 5.92 Å². The molecule has 2 aliphatic rings. The molecule has 1 saturated heterocycles. The van der Waals surface area contributed by atoms with Crippen molar-refractivity contribution in [1.82, 2.24) is 10.6 Å². The van der Waals surface area contributed by atoms with E-state index in [-0.39, 0.29) is 11.2 Å². The van der Waals surface area contributed by atoms with Crippen LogP contribution >= 0.6 is 0 Å². The number of hydrogen-bond donors (Lipinski definition) is 2. The van der Waals surface area contributed by atoms with E-state index in [2.05, 4.69) is 31.4 Å². The van der Waals surface area contributed by atoms with Crippen molar-refractivity contribution in [3.8, 4) is 0 Å². The maximum absolute atomic E-state index is 3.78. The average Bonchev–Trinajstić information content (AvgIpc) is 2.35. The van der Waals surface area contributed by atoms with E-state index in [4.69, 9.17) is 0 Å². The summed E-state index contributed by atoms with van der Waals surface area (Å²) in [7, 11) is 0. The molecule has 0 aromatic heterocycles. The minimum absolute atomic E-state index is 0.266. The summed E-state index contributed by atoms with van der Waals surface area (Å²) < 4.78 is 0. The van der Waals surface area contributed by atoms with Crippen molar-refractivity contribution in [2.45, 2.75) is 57.7 Å². The summed E-state index contributed by atoms with van der Waals surface area (Å²) in [5, 5.41) is 7.49. The molecule has 0 unspecified atom stereocenters. The zero-order valence-corrected chi connectivity index (χ0v) is 9.11. The molecular formula is C11H22N2. The SMILES string of the molecule is C[C@H]1CCCC[C@@]12NCC(C)(C)N2. The van der Waals surface area contributed by atoms with Crippen molar-refractivity contribution in [2.75, 3.05) is 6.54 Å². The van der Waals surface area contributed by atoms with E-state index >= 15 is 0 Å². The van der Waals surface area contributed by atoms with Gasteiger partial charge in [-0.1, -0.05) is 19.8 Å². The van der Waals surface area contributed by atoms with E-state index in [0.29, 0.717) is 0 Å². The van der Waals surface area contributed by atoms with Crippen LogP contribution in [-0.2, 0) is 0 Å². The highest BCUT2D eigenvalue weighted by molar-refractivity contribution is 5.05. The normalized spacial score (nSPS) is 44.1. The van der Waals surface area contributed by atoms with Crippen LogP contribution in [0.15, 0.2) is 0 Å². The van der Waals surface area contributed by atoms with Crippen LogP contribution < -0.4 is 10.6 Å². The highest BCUT2D eigenvalue weighted by Crippen LogP contribution is 2.35. The van der Waals surface area contributed by atoms with Gasteiger partial charge in [0.15, 0.2) is 0 Å². The zero-order chi connectivity index (χ0) is 9.53. The predicted octanol–water partition coefficient (Wildman–Crippen LogP) is 1.86. The van der Waals surface area contributed by atoms with Crippen molar-refractivity contribution in [3.63, 3.8) is 0 Å². The van der Waals surface area contributed by atoms with Crippen molar-refractivity contribution in [3.05, 3.63) is 0 Å². The first-order valence-electron chi connectivity index (χ1n) is 5.58. The molecule has 1 aliphatic heterocycles. The summed E-state index contributed by atoms with van der Waals surface area (Å²) in [5.74, 6) is 0.781. The lowest BCUT2D eigenvalue weighted by molar-refractivity contribution is 0.141. The van der Waals surface area contributed by atoms with E-state index in [1.165, 1.54) is 25.7 Å². The Bertz CT molecular complexity index is 200. The van der Waals surface area contributed by atoms with Gasteiger partial charge in [-0.2, -0.15) is 0 Å². The monoisotopic (exact) mass is 182 g/mol. The van der Waals surface area contributed by atoms with Gasteiger partial charge in [0.1, 0.15) is 0 Å². The number of nitrogens with one attached hydrogen (secondary N) is 2. The summed E-state index contributed by atoms with van der Waals surface area (Å²) in [6, 6.07) is 0. The molecule has 0 aromatic rings. The third-order valence-corrected chi connectivity index (χ3v) is 3.71. The molecule has 0 radical (unpaired) electrons. The molecule has 1 aliphatic carbocycles. The lowest BCUT2D eigenvalue weighted by atomic mass is 9.80. The molecule has 1 saturated carbocycles. The minimum Gasteiger partial charge on any atom is -0.297 e. The third-order valence-electron chi connectivity index (χ3n) is 3.71. The lowest BCUT2D eigenvalue weighted by Crippen LogP contribution is -2.57. The Balaban J connectivity index is 2.12. The topological polar surface area (TPSA) is 24.1 Å². The van der Waals surface area contributed by atoms with Crippen molar-refractivity contribution >= 4 is 0 Å². The molecule has 13 heavy (non-hydrogen) atoms. The van der Waals surface area contributed by atoms with Crippen LogP contribution in [0.2, 0.25) is 0 Å². The van der Waals surface area contributed by atoms with Crippen LogP contribution in [-0.4, -0.2) is 17.7 Å². The Morgan fingerprint density at radius 2 is 2.00 bits per heavy atom. The molecule has 0 aromatic carbocycles. The highest BCUT2D eigenvalue weighted by atomic mass is 15.3. The van der Waals surface area contributed by atoms with E-state index in [1.807, 2.05) is 0 Å². The molecule has 2 N–H and O–H groups in total. The summed E-state index contributed by atoms with van der Waals surface area (Å²) >= 11 is 0. The third kappa shape index (κ3) is 1.62. The summed E-state index contributed by atoms with van der Waals surface area (Å²) in [6.07, 6.45) is 5.46. The van der Waals surface area contributed by atoms with Gasteiger partial charge in [-0.25, -0.2) is 0 Å². The van der Waals surface area contributed by atoms with Gasteiger partial charge in [0, 0.05) is 12.1 Å². The van der Waals surface area contributed by atoms with E-state index in [1.54, 1.807) is 0 Å². The number of hydrogen-bond acceptors (Lipinski definition) is 2. The fourth-order valence-corrected chi connectivity index (χ4v) is 2.87. The number of rotatable bonds is 0. The van der Waals surface area contributed by atoms with Crippen LogP contribution in [0.25, 0.3) is 0 Å². The molecule has 0 bridgehead atoms. The predicted molar refractivity (Wildman–Crippen MR) is 55.6 cm³/mol. The standard InChI is InChI=1S/C11H22N2/c1-9-6-4-5-7-11(9)12-8-10(2,3)13-11/h9,12-13H,4-8H2,1-3H3/t9-,11-/m0/s1. The Labute approximate surface area is 81.5 Å². The Hall–Kier alpha value is -0.0800. The van der Waals surface area contributed by atoms with Crippen LogP contribution in [0, 0.1) is 5.92 Å². The van der Waals surface area contributed by atoms with Crippen LogP contribution in [0.4, 0.5) is 0 Å². The second-order valence-corrected chi connectivity index (χ2v) is 5.48. The van der Waals surface area contributed by atoms with Gasteiger partial charge in [-0.05, 0) is 32.6 Å². The molecule has 0 amide bonds. The highest BCUT2D eigenvalue weighted by Gasteiger charge is 2.46. The first-order valence-corrected chi connectivity index (χ1v) is 5.58. The van der Waals surface area contributed by atoms with Gasteiger partial charge in [0.2, 0.25) is 0 Å². The average molecular weight is 182 g/mol. The van der Waals surface area contributed by atoms with Gasteiger partial charge in [0.05, 0.1) is 5.66 Å². The molecule has 2 nitrogen and oxygen atoms in total. The van der Waals surface area contributed by atoms with Crippen molar-refractivity contribution < 1.29 is 0 Å². The molecular weight excluding hydrogens is 160 g/mol. The Morgan fingerprint density at radius 3 is 2.54 bits per heavy atom. The van der Waals surface area contributed by atoms with Crippen molar-refractivity contribution in [1.29, 1.82) is 0 Å². The fourth-order valence-electron chi connectivity index (χ4n) is 2.87. The Morgan fingerprint density at radius 1 is 1.23 bits per heavy atom. The zero-order valence-electron chi connectivity index (χ0n) is 9.11. The van der Waals surface area contributed by atoms with Crippen LogP contribution in [0.5, 0.6) is 0 Å². The molecule has 2 fully saturated rings. The van der Waals surface area contributed by atoms with E-state index in [9.17, 15) is 0 Å². The summed E-state index contributed by atoms with van der Waals surface area (Å²) in [5.41, 5.74) is 0.549. The second kappa shape index (κ2) is 2.96. The van der Waals surface area contributed by atoms with Gasteiger partial charge in [-0.3, -0.25) is 10.6 Å². The first kappa shape index (κ1) is 9.47. The molecule has 1 heterocycles. The maximum atomic E-state index is 3.78. The summed E-state index contributed by atoms with van der Waals surface area (Å²) in [6.45, 7) is 8.06. The van der Waals surface area contributed by atoms with Crippen LogP contribution in [0.1, 0.15) is 46.5 Å². The van der Waals surface area contributed by atoms with E-state index < -0.39 is 0 Å².